The van der Waals surface area contributed by atoms with Gasteiger partial charge in [-0.25, -0.2) is 4.98 Å². The molecule has 1 heterocycles. The molecule has 6 heteroatoms. The Bertz CT molecular complexity index is 555. The molecule has 0 aliphatic heterocycles. The number of hydrogen-bond acceptors (Lipinski definition) is 3. The highest BCUT2D eigenvalue weighted by Gasteiger charge is 2.04. The molecular weight excluding hydrogens is 299 g/mol. The maximum Gasteiger partial charge on any atom is 0.180 e. The molecule has 0 atom stereocenters. The topological polar surface area (TPSA) is 38.9 Å². The molecule has 0 aliphatic carbocycles. The third kappa shape index (κ3) is 3.13. The molecule has 1 aromatic heterocycles. The second-order valence-corrected chi connectivity index (χ2v) is 5.37. The molecule has 0 saturated heterocycles. The fourth-order valence-electron chi connectivity index (χ4n) is 1.26. The van der Waals surface area contributed by atoms with Gasteiger partial charge in [-0.05, 0) is 24.3 Å². The van der Waals surface area contributed by atoms with E-state index in [4.69, 9.17) is 40.5 Å². The van der Waals surface area contributed by atoms with Gasteiger partial charge in [0.25, 0.3) is 0 Å². The van der Waals surface area contributed by atoms with Gasteiger partial charge >= 0.3 is 0 Å². The van der Waals surface area contributed by atoms with E-state index in [1.807, 2.05) is 5.38 Å². The van der Waals surface area contributed by atoms with Crippen LogP contribution >= 0.6 is 46.1 Å². The van der Waals surface area contributed by atoms with E-state index >= 15 is 0 Å². The molecular formula is C11H7Cl3N2S. The van der Waals surface area contributed by atoms with E-state index < -0.39 is 0 Å². The molecule has 0 amide bonds. The number of thiazole rings is 1. The SMILES string of the molecule is Nc1nc(/C=C/c2c(Cl)cc(Cl)cc2Cl)cs1. The first-order valence-electron chi connectivity index (χ1n) is 4.60. The number of benzene rings is 1. The average Bonchev–Trinajstić information content (AvgIpc) is 2.62. The van der Waals surface area contributed by atoms with E-state index in [0.29, 0.717) is 25.8 Å². The molecule has 0 saturated carbocycles. The molecule has 1 aromatic carbocycles. The second kappa shape index (κ2) is 5.27. The summed E-state index contributed by atoms with van der Waals surface area (Å²) in [6.45, 7) is 0. The van der Waals surface area contributed by atoms with Gasteiger partial charge in [-0.2, -0.15) is 0 Å². The monoisotopic (exact) mass is 304 g/mol. The van der Waals surface area contributed by atoms with E-state index in [2.05, 4.69) is 4.98 Å². The lowest BCUT2D eigenvalue weighted by Crippen LogP contribution is -1.82. The van der Waals surface area contributed by atoms with E-state index in [-0.39, 0.29) is 0 Å². The zero-order valence-electron chi connectivity index (χ0n) is 8.45. The molecule has 17 heavy (non-hydrogen) atoms. The highest BCUT2D eigenvalue weighted by atomic mass is 35.5. The molecule has 2 aromatic rings. The van der Waals surface area contributed by atoms with Crippen molar-refractivity contribution < 1.29 is 0 Å². The Morgan fingerprint density at radius 1 is 1.12 bits per heavy atom. The highest BCUT2D eigenvalue weighted by Crippen LogP contribution is 2.30. The zero-order chi connectivity index (χ0) is 12.4. The quantitative estimate of drug-likeness (QED) is 0.861. The van der Waals surface area contributed by atoms with Crippen molar-refractivity contribution in [3.8, 4) is 0 Å². The third-order valence-corrected chi connectivity index (χ3v) is 3.54. The van der Waals surface area contributed by atoms with Gasteiger partial charge in [-0.15, -0.1) is 11.3 Å². The molecule has 0 fully saturated rings. The number of nitrogens with two attached hydrogens (primary N) is 1. The summed E-state index contributed by atoms with van der Waals surface area (Å²) in [5, 5.41) is 3.89. The van der Waals surface area contributed by atoms with Gasteiger partial charge in [0.1, 0.15) is 0 Å². The maximum absolute atomic E-state index is 6.04. The van der Waals surface area contributed by atoms with Crippen LogP contribution in [0.25, 0.3) is 12.2 Å². The van der Waals surface area contributed by atoms with E-state index in [0.717, 1.165) is 5.69 Å². The Labute approximate surface area is 118 Å². The lowest BCUT2D eigenvalue weighted by Gasteiger charge is -2.02. The van der Waals surface area contributed by atoms with Crippen LogP contribution < -0.4 is 5.73 Å². The minimum Gasteiger partial charge on any atom is -0.375 e. The van der Waals surface area contributed by atoms with Crippen molar-refractivity contribution in [1.29, 1.82) is 0 Å². The van der Waals surface area contributed by atoms with Crippen LogP contribution in [0.15, 0.2) is 17.5 Å². The van der Waals surface area contributed by atoms with E-state index in [9.17, 15) is 0 Å². The van der Waals surface area contributed by atoms with Crippen LogP contribution in [0.3, 0.4) is 0 Å². The van der Waals surface area contributed by atoms with Crippen molar-refractivity contribution >= 4 is 63.4 Å². The number of nitrogens with zero attached hydrogens (tertiary/aromatic N) is 1. The number of nitrogen functional groups attached to an aromatic ring is 1. The van der Waals surface area contributed by atoms with E-state index in [1.165, 1.54) is 11.3 Å². The van der Waals surface area contributed by atoms with Crippen LogP contribution in [0.2, 0.25) is 15.1 Å². The lowest BCUT2D eigenvalue weighted by atomic mass is 10.2. The van der Waals surface area contributed by atoms with Crippen LogP contribution in [-0.4, -0.2) is 4.98 Å². The normalized spacial score (nSPS) is 11.2. The lowest BCUT2D eigenvalue weighted by molar-refractivity contribution is 1.39. The summed E-state index contributed by atoms with van der Waals surface area (Å²) in [7, 11) is 0. The summed E-state index contributed by atoms with van der Waals surface area (Å²) in [5.74, 6) is 0. The van der Waals surface area contributed by atoms with Crippen molar-refractivity contribution in [1.82, 2.24) is 4.98 Å². The average molecular weight is 306 g/mol. The van der Waals surface area contributed by atoms with Crippen molar-refractivity contribution in [3.05, 3.63) is 43.8 Å². The maximum atomic E-state index is 6.04. The van der Waals surface area contributed by atoms with Gasteiger partial charge in [0.2, 0.25) is 0 Å². The first-order chi connectivity index (χ1) is 8.06. The van der Waals surface area contributed by atoms with Gasteiger partial charge in [-0.3, -0.25) is 0 Å². The number of aromatic nitrogens is 1. The van der Waals surface area contributed by atoms with E-state index in [1.54, 1.807) is 24.3 Å². The largest absolute Gasteiger partial charge is 0.375 e. The van der Waals surface area contributed by atoms with Gasteiger partial charge in [0, 0.05) is 16.0 Å². The summed E-state index contributed by atoms with van der Waals surface area (Å²) in [6.07, 6.45) is 3.59. The Balaban J connectivity index is 2.33. The van der Waals surface area contributed by atoms with Gasteiger partial charge in [0.15, 0.2) is 5.13 Å². The standard InChI is InChI=1S/C11H7Cl3N2S/c12-6-3-9(13)8(10(14)4-6)2-1-7-5-17-11(15)16-7/h1-5H,(H2,15,16)/b2-1+. The summed E-state index contributed by atoms with van der Waals surface area (Å²) >= 11 is 19.3. The molecule has 0 bridgehead atoms. The zero-order valence-corrected chi connectivity index (χ0v) is 11.5. The molecule has 2 nitrogen and oxygen atoms in total. The predicted octanol–water partition coefficient (Wildman–Crippen LogP) is 4.86. The molecule has 0 aliphatic rings. The van der Waals surface area contributed by atoms with Crippen LogP contribution in [0.5, 0.6) is 0 Å². The third-order valence-electron chi connectivity index (χ3n) is 2.00. The summed E-state index contributed by atoms with van der Waals surface area (Å²) in [4.78, 5) is 4.10. The summed E-state index contributed by atoms with van der Waals surface area (Å²) in [5.41, 5.74) is 7.02. The highest BCUT2D eigenvalue weighted by molar-refractivity contribution is 7.13. The molecule has 0 unspecified atom stereocenters. The fraction of sp³-hybridized carbons (Fsp3) is 0. The van der Waals surface area contributed by atoms with Crippen LogP contribution in [0.1, 0.15) is 11.3 Å². The number of hydrogen-bond donors (Lipinski definition) is 1. The minimum absolute atomic E-state index is 0.502. The summed E-state index contributed by atoms with van der Waals surface area (Å²) < 4.78 is 0. The Morgan fingerprint density at radius 3 is 2.29 bits per heavy atom. The van der Waals surface area contributed by atoms with Crippen molar-refractivity contribution in [2.75, 3.05) is 5.73 Å². The molecule has 0 radical (unpaired) electrons. The van der Waals surface area contributed by atoms with Crippen molar-refractivity contribution in [2.45, 2.75) is 0 Å². The molecule has 0 spiro atoms. The summed E-state index contributed by atoms with van der Waals surface area (Å²) in [6, 6.07) is 3.29. The predicted molar refractivity (Wildman–Crippen MR) is 76.9 cm³/mol. The number of halogens is 3. The van der Waals surface area contributed by atoms with Crippen molar-refractivity contribution in [3.63, 3.8) is 0 Å². The van der Waals surface area contributed by atoms with Gasteiger partial charge in [0.05, 0.1) is 15.7 Å². The molecule has 2 rings (SSSR count). The Morgan fingerprint density at radius 2 is 1.76 bits per heavy atom. The Hall–Kier alpha value is -0.740. The minimum atomic E-state index is 0.502. The first-order valence-corrected chi connectivity index (χ1v) is 6.61. The molecule has 2 N–H and O–H groups in total. The van der Waals surface area contributed by atoms with Gasteiger partial charge < -0.3 is 5.73 Å². The van der Waals surface area contributed by atoms with Crippen LogP contribution in [0.4, 0.5) is 5.13 Å². The smallest absolute Gasteiger partial charge is 0.180 e. The fourth-order valence-corrected chi connectivity index (χ4v) is 2.73. The van der Waals surface area contributed by atoms with Crippen LogP contribution in [0, 0.1) is 0 Å². The van der Waals surface area contributed by atoms with Gasteiger partial charge in [-0.1, -0.05) is 34.8 Å². The number of anilines is 1. The second-order valence-electron chi connectivity index (χ2n) is 3.23. The Kier molecular flexibility index (Phi) is 3.94. The van der Waals surface area contributed by atoms with Crippen LogP contribution in [-0.2, 0) is 0 Å². The number of rotatable bonds is 2. The molecule has 88 valence electrons. The van der Waals surface area contributed by atoms with Crippen molar-refractivity contribution in [2.24, 2.45) is 0 Å². The first kappa shape index (κ1) is 12.7.